The molecule has 16 heavy (non-hydrogen) atoms. The Hall–Kier alpha value is -0.570. The fourth-order valence-corrected chi connectivity index (χ4v) is 1.48. The maximum Gasteiger partial charge on any atom is 0.248 e. The van der Waals surface area contributed by atoms with Gasteiger partial charge < -0.3 is 9.64 Å². The standard InChI is InChI=1S/C13H27NO2/c1-12(2,3)8-9-14(13(4,5)6)11(15)10-16-7/h8-10H2,1-7H3. The highest BCUT2D eigenvalue weighted by molar-refractivity contribution is 5.78. The number of hydrogen-bond donors (Lipinski definition) is 0. The summed E-state index contributed by atoms with van der Waals surface area (Å²) in [6, 6.07) is 0. The van der Waals surface area contributed by atoms with Gasteiger partial charge >= 0.3 is 0 Å². The van der Waals surface area contributed by atoms with Crippen LogP contribution in [0.15, 0.2) is 0 Å². The number of carbonyl (C=O) groups excluding carboxylic acids is 1. The van der Waals surface area contributed by atoms with Gasteiger partial charge in [-0.15, -0.1) is 0 Å². The number of methoxy groups -OCH3 is 1. The topological polar surface area (TPSA) is 29.5 Å². The van der Waals surface area contributed by atoms with Gasteiger partial charge in [-0.3, -0.25) is 4.79 Å². The van der Waals surface area contributed by atoms with Crippen molar-refractivity contribution in [2.75, 3.05) is 20.3 Å². The van der Waals surface area contributed by atoms with Crippen LogP contribution in [0.3, 0.4) is 0 Å². The van der Waals surface area contributed by atoms with E-state index in [1.54, 1.807) is 7.11 Å². The predicted octanol–water partition coefficient (Wildman–Crippen LogP) is 2.70. The zero-order valence-corrected chi connectivity index (χ0v) is 11.9. The van der Waals surface area contributed by atoms with E-state index in [0.29, 0.717) is 0 Å². The van der Waals surface area contributed by atoms with E-state index < -0.39 is 0 Å². The van der Waals surface area contributed by atoms with Gasteiger partial charge in [0.15, 0.2) is 0 Å². The molecule has 3 heteroatoms. The Labute approximate surface area is 100 Å². The summed E-state index contributed by atoms with van der Waals surface area (Å²) in [5, 5.41) is 0. The van der Waals surface area contributed by atoms with Crippen molar-refractivity contribution in [2.45, 2.75) is 53.5 Å². The highest BCUT2D eigenvalue weighted by Gasteiger charge is 2.27. The Kier molecular flexibility index (Phi) is 5.47. The molecule has 0 saturated carbocycles. The minimum Gasteiger partial charge on any atom is -0.375 e. The number of carbonyl (C=O) groups is 1. The van der Waals surface area contributed by atoms with Crippen molar-refractivity contribution in [2.24, 2.45) is 5.41 Å². The second-order valence-corrected chi connectivity index (χ2v) is 6.46. The monoisotopic (exact) mass is 229 g/mol. The first-order valence-corrected chi connectivity index (χ1v) is 5.87. The van der Waals surface area contributed by atoms with Crippen LogP contribution in [0.5, 0.6) is 0 Å². The molecule has 0 aromatic carbocycles. The predicted molar refractivity (Wildman–Crippen MR) is 67.4 cm³/mol. The summed E-state index contributed by atoms with van der Waals surface area (Å²) < 4.78 is 4.92. The average molecular weight is 229 g/mol. The molecule has 0 radical (unpaired) electrons. The van der Waals surface area contributed by atoms with Gasteiger partial charge in [-0.2, -0.15) is 0 Å². The van der Waals surface area contributed by atoms with E-state index in [2.05, 4.69) is 41.5 Å². The number of rotatable bonds is 4. The minimum absolute atomic E-state index is 0.0688. The SMILES string of the molecule is COCC(=O)N(CCC(C)(C)C)C(C)(C)C. The van der Waals surface area contributed by atoms with Crippen molar-refractivity contribution in [1.82, 2.24) is 4.90 Å². The zero-order chi connectivity index (χ0) is 13.0. The van der Waals surface area contributed by atoms with Crippen LogP contribution in [0.4, 0.5) is 0 Å². The summed E-state index contributed by atoms with van der Waals surface area (Å²) in [4.78, 5) is 13.8. The molecule has 0 aliphatic carbocycles. The average Bonchev–Trinajstić information content (AvgIpc) is 1.99. The van der Waals surface area contributed by atoms with Crippen LogP contribution in [0, 0.1) is 5.41 Å². The molecule has 0 bridgehead atoms. The first-order valence-electron chi connectivity index (χ1n) is 5.87. The molecule has 0 aromatic heterocycles. The van der Waals surface area contributed by atoms with E-state index in [1.165, 1.54) is 0 Å². The maximum absolute atomic E-state index is 11.9. The van der Waals surface area contributed by atoms with Crippen molar-refractivity contribution in [3.63, 3.8) is 0 Å². The Bertz CT molecular complexity index is 223. The molecule has 0 heterocycles. The molecular formula is C13H27NO2. The fourth-order valence-electron chi connectivity index (χ4n) is 1.48. The summed E-state index contributed by atoms with van der Waals surface area (Å²) in [7, 11) is 1.56. The van der Waals surface area contributed by atoms with E-state index in [0.717, 1.165) is 13.0 Å². The second-order valence-electron chi connectivity index (χ2n) is 6.46. The molecule has 0 N–H and O–H groups in total. The Morgan fingerprint density at radius 3 is 1.94 bits per heavy atom. The van der Waals surface area contributed by atoms with Crippen LogP contribution in [0.1, 0.15) is 48.0 Å². The second kappa shape index (κ2) is 5.67. The third-order valence-electron chi connectivity index (χ3n) is 2.46. The van der Waals surface area contributed by atoms with Gasteiger partial charge in [0, 0.05) is 19.2 Å². The molecule has 0 aliphatic heterocycles. The van der Waals surface area contributed by atoms with Crippen LogP contribution in [-0.4, -0.2) is 36.6 Å². The third kappa shape index (κ3) is 6.11. The largest absolute Gasteiger partial charge is 0.375 e. The molecule has 0 saturated heterocycles. The van der Waals surface area contributed by atoms with Gasteiger partial charge in [-0.25, -0.2) is 0 Å². The smallest absolute Gasteiger partial charge is 0.248 e. The van der Waals surface area contributed by atoms with Gasteiger partial charge in [-0.1, -0.05) is 20.8 Å². The summed E-state index contributed by atoms with van der Waals surface area (Å²) in [6.07, 6.45) is 1.000. The van der Waals surface area contributed by atoms with Crippen molar-refractivity contribution >= 4 is 5.91 Å². The third-order valence-corrected chi connectivity index (χ3v) is 2.46. The molecule has 0 rings (SSSR count). The molecule has 96 valence electrons. The van der Waals surface area contributed by atoms with E-state index in [1.807, 2.05) is 4.90 Å². The lowest BCUT2D eigenvalue weighted by Gasteiger charge is -2.37. The number of amides is 1. The molecule has 0 atom stereocenters. The van der Waals surface area contributed by atoms with E-state index >= 15 is 0 Å². The van der Waals surface area contributed by atoms with Crippen molar-refractivity contribution in [3.8, 4) is 0 Å². The van der Waals surface area contributed by atoms with Crippen LogP contribution >= 0.6 is 0 Å². The first-order chi connectivity index (χ1) is 7.08. The molecule has 0 unspecified atom stereocenters. The van der Waals surface area contributed by atoms with Gasteiger partial charge in [-0.05, 0) is 32.6 Å². The highest BCUT2D eigenvalue weighted by atomic mass is 16.5. The van der Waals surface area contributed by atoms with Crippen LogP contribution in [-0.2, 0) is 9.53 Å². The number of hydrogen-bond acceptors (Lipinski definition) is 2. The van der Waals surface area contributed by atoms with E-state index in [4.69, 9.17) is 4.74 Å². The summed E-state index contributed by atoms with van der Waals surface area (Å²) in [5.41, 5.74) is 0.109. The van der Waals surface area contributed by atoms with E-state index in [-0.39, 0.29) is 23.5 Å². The van der Waals surface area contributed by atoms with Crippen molar-refractivity contribution in [3.05, 3.63) is 0 Å². The highest BCUT2D eigenvalue weighted by Crippen LogP contribution is 2.22. The first kappa shape index (κ1) is 15.4. The van der Waals surface area contributed by atoms with Gasteiger partial charge in [0.05, 0.1) is 0 Å². The van der Waals surface area contributed by atoms with E-state index in [9.17, 15) is 4.79 Å². The summed E-state index contributed by atoms with van der Waals surface area (Å²) in [6.45, 7) is 13.7. The van der Waals surface area contributed by atoms with Gasteiger partial charge in [0.2, 0.25) is 5.91 Å². The minimum atomic E-state index is -0.138. The molecule has 3 nitrogen and oxygen atoms in total. The molecule has 0 spiro atoms. The van der Waals surface area contributed by atoms with Crippen LogP contribution in [0.2, 0.25) is 0 Å². The molecule has 0 fully saturated rings. The Morgan fingerprint density at radius 2 is 1.62 bits per heavy atom. The van der Waals surface area contributed by atoms with Gasteiger partial charge in [0.1, 0.15) is 6.61 Å². The number of ether oxygens (including phenoxy) is 1. The lowest BCUT2D eigenvalue weighted by molar-refractivity contribution is -0.140. The van der Waals surface area contributed by atoms with Crippen LogP contribution in [0.25, 0.3) is 0 Å². The normalized spacial score (nSPS) is 12.7. The number of nitrogens with zero attached hydrogens (tertiary/aromatic N) is 1. The summed E-state index contributed by atoms with van der Waals surface area (Å²) >= 11 is 0. The quantitative estimate of drug-likeness (QED) is 0.742. The Morgan fingerprint density at radius 1 is 1.12 bits per heavy atom. The molecule has 0 aromatic rings. The lowest BCUT2D eigenvalue weighted by Crippen LogP contribution is -2.48. The summed E-state index contributed by atoms with van der Waals surface area (Å²) in [5.74, 6) is 0.0688. The lowest BCUT2D eigenvalue weighted by atomic mass is 9.91. The molecule has 0 aliphatic rings. The van der Waals surface area contributed by atoms with Crippen LogP contribution < -0.4 is 0 Å². The maximum atomic E-state index is 11.9. The zero-order valence-electron chi connectivity index (χ0n) is 11.9. The molecular weight excluding hydrogens is 202 g/mol. The fraction of sp³-hybridized carbons (Fsp3) is 0.923. The molecule has 1 amide bonds. The van der Waals surface area contributed by atoms with Crippen molar-refractivity contribution < 1.29 is 9.53 Å². The Balaban J connectivity index is 4.52. The van der Waals surface area contributed by atoms with Gasteiger partial charge in [0.25, 0.3) is 0 Å². The van der Waals surface area contributed by atoms with Crippen molar-refractivity contribution in [1.29, 1.82) is 0 Å².